The molecule has 0 aromatic carbocycles. The molecule has 3 unspecified atom stereocenters. The summed E-state index contributed by atoms with van der Waals surface area (Å²) in [6.07, 6.45) is 13.0. The number of hydrogen-bond donors (Lipinski definition) is 12. The number of phosphoric ester groups is 2. The SMILES string of the molecule is CC(=O)N[C@H]1C(OP(=O)(O)OP(=O)(O)OC/C=C(/C)CC/C=C(/C)CC/C=C(/C)CC/C=C(/C)CC/C=C(/C)CC/C=C(/C)CC/C=C(/C)CC/C=C(/C)CC/C=C(\C)CC/C=C(\C)CCC=C(C)C)O[C@H](CO)[C@@H](O[C@H]2O[C@H](C)[C@@H](O)[C@H](O)[C@@H]2O[C@H]2O[C@H](C)[C@@H](O)[C@H](O[C@H]3O[C@H](C)[C@@H](O)[C@H](O)[C@@H]3O)[C@@H]2O)[C@@H]1O. The summed E-state index contributed by atoms with van der Waals surface area (Å²) in [5.74, 6) is -0.863. The van der Waals surface area contributed by atoms with Crippen molar-refractivity contribution in [2.75, 3.05) is 13.2 Å². The van der Waals surface area contributed by atoms with Crippen molar-refractivity contribution in [2.24, 2.45) is 0 Å². The van der Waals surface area contributed by atoms with Crippen LogP contribution in [0.4, 0.5) is 0 Å². The van der Waals surface area contributed by atoms with Crippen molar-refractivity contribution in [1.29, 1.82) is 0 Å². The number of phosphoric acid groups is 2. The first-order valence-corrected chi connectivity index (χ1v) is 41.6. The minimum Gasteiger partial charge on any atom is -0.394 e. The predicted molar refractivity (Wildman–Crippen MR) is 416 cm³/mol. The molecule has 0 saturated carbocycles. The number of nitrogens with one attached hydrogen (secondary N) is 1. The maximum Gasteiger partial charge on any atom is 0.483 e. The van der Waals surface area contributed by atoms with Gasteiger partial charge in [-0.15, -0.1) is 0 Å². The molecule has 0 radical (unpaired) electrons. The fourth-order valence-electron chi connectivity index (χ4n) is 12.9. The van der Waals surface area contributed by atoms with E-state index in [1.54, 1.807) is 6.92 Å². The zero-order chi connectivity index (χ0) is 80.6. The number of aliphatic hydroxyl groups is 9. The Labute approximate surface area is 643 Å². The van der Waals surface area contributed by atoms with Gasteiger partial charge in [-0.3, -0.25) is 13.8 Å². The minimum absolute atomic E-state index is 0.516. The average molecular weight is 1570 g/mol. The quantitative estimate of drug-likeness (QED) is 0.0199. The lowest BCUT2D eigenvalue weighted by Crippen LogP contribution is -2.68. The van der Waals surface area contributed by atoms with Gasteiger partial charge in [0, 0.05) is 6.92 Å². The van der Waals surface area contributed by atoms with Crippen molar-refractivity contribution in [3.8, 4) is 0 Å². The summed E-state index contributed by atoms with van der Waals surface area (Å²) in [6.45, 7) is 29.7. The second-order valence-corrected chi connectivity index (χ2v) is 33.4. The van der Waals surface area contributed by atoms with Gasteiger partial charge in [0.2, 0.25) is 5.91 Å². The summed E-state index contributed by atoms with van der Waals surface area (Å²) < 4.78 is 81.6. The van der Waals surface area contributed by atoms with Crippen molar-refractivity contribution in [3.05, 3.63) is 128 Å². The van der Waals surface area contributed by atoms with Crippen LogP contribution in [0.5, 0.6) is 0 Å². The largest absolute Gasteiger partial charge is 0.483 e. The van der Waals surface area contributed by atoms with Crippen LogP contribution in [0.3, 0.4) is 0 Å². The lowest BCUT2D eigenvalue weighted by Gasteiger charge is -2.49. The fraction of sp³-hybridized carbons (Fsp3) is 0.716. The van der Waals surface area contributed by atoms with Gasteiger partial charge in [-0.2, -0.15) is 4.31 Å². The van der Waals surface area contributed by atoms with Crippen LogP contribution in [-0.2, 0) is 60.4 Å². The summed E-state index contributed by atoms with van der Waals surface area (Å²) in [4.78, 5) is 33.9. The van der Waals surface area contributed by atoms with E-state index < -0.39 is 158 Å². The lowest BCUT2D eigenvalue weighted by molar-refractivity contribution is -0.389. The van der Waals surface area contributed by atoms with Crippen molar-refractivity contribution in [3.63, 3.8) is 0 Å². The van der Waals surface area contributed by atoms with E-state index in [4.69, 9.17) is 42.2 Å². The van der Waals surface area contributed by atoms with E-state index in [2.05, 4.69) is 147 Å². The third-order valence-electron chi connectivity index (χ3n) is 20.0. The Morgan fingerprint density at radius 1 is 0.361 bits per heavy atom. The number of amides is 1. The normalized spacial score (nSPS) is 31.9. The van der Waals surface area contributed by atoms with Crippen LogP contribution in [0.2, 0.25) is 0 Å². The van der Waals surface area contributed by atoms with E-state index in [1.165, 1.54) is 82.6 Å². The molecular weight excluding hydrogens is 1430 g/mol. The van der Waals surface area contributed by atoms with Crippen molar-refractivity contribution < 1.29 is 116 Å². The highest BCUT2D eigenvalue weighted by molar-refractivity contribution is 7.61. The van der Waals surface area contributed by atoms with Gasteiger partial charge in [-0.05, 0) is 232 Å². The molecule has 12 N–H and O–H groups in total. The second-order valence-electron chi connectivity index (χ2n) is 30.4. The zero-order valence-corrected chi connectivity index (χ0v) is 68.9. The summed E-state index contributed by atoms with van der Waals surface area (Å²) in [7, 11) is -11.1. The maximum atomic E-state index is 13.4. The molecule has 618 valence electrons. The third kappa shape index (κ3) is 35.3. The molecule has 1 amide bonds. The molecule has 0 aliphatic carbocycles. The van der Waals surface area contributed by atoms with Crippen molar-refractivity contribution in [2.45, 2.75) is 362 Å². The lowest BCUT2D eigenvalue weighted by atomic mass is 9.95. The van der Waals surface area contributed by atoms with E-state index in [1.807, 2.05) is 0 Å². The first kappa shape index (κ1) is 96.6. The number of aliphatic hydroxyl groups excluding tert-OH is 9. The van der Waals surface area contributed by atoms with E-state index in [9.17, 15) is 69.7 Å². The monoisotopic (exact) mass is 1570 g/mol. The minimum atomic E-state index is -5.73. The Hall–Kier alpha value is -3.77. The predicted octanol–water partition coefficient (Wildman–Crippen LogP) is 13.0. The number of allylic oxidation sites excluding steroid dienone is 21. The number of rotatable bonds is 45. The Balaban J connectivity index is 1.15. The van der Waals surface area contributed by atoms with Gasteiger partial charge in [0.05, 0.1) is 31.5 Å². The van der Waals surface area contributed by atoms with Crippen molar-refractivity contribution in [1.82, 2.24) is 5.32 Å². The summed E-state index contributed by atoms with van der Waals surface area (Å²) in [5, 5.41) is 101. The molecule has 4 fully saturated rings. The van der Waals surface area contributed by atoms with Crippen LogP contribution < -0.4 is 5.32 Å². The second kappa shape index (κ2) is 49.1. The molecule has 4 heterocycles. The molecule has 0 spiro atoms. The summed E-state index contributed by atoms with van der Waals surface area (Å²) >= 11 is 0. The molecule has 4 aliphatic rings. The van der Waals surface area contributed by atoms with Crippen LogP contribution in [0.15, 0.2) is 128 Å². The van der Waals surface area contributed by atoms with E-state index in [0.29, 0.717) is 12.8 Å². The molecule has 0 aromatic heterocycles. The maximum absolute atomic E-state index is 13.4. The molecule has 22 atom stereocenters. The number of carbonyl (C=O) groups is 1. The highest BCUT2D eigenvalue weighted by Crippen LogP contribution is 2.61. The highest BCUT2D eigenvalue weighted by Gasteiger charge is 2.56. The molecule has 108 heavy (non-hydrogen) atoms. The van der Waals surface area contributed by atoms with Crippen LogP contribution in [0, 0.1) is 0 Å². The first-order chi connectivity index (χ1) is 50.8. The molecular formula is C81H135NO24P2. The first-order valence-electron chi connectivity index (χ1n) is 38.6. The zero-order valence-electron chi connectivity index (χ0n) is 67.1. The van der Waals surface area contributed by atoms with Gasteiger partial charge in [0.25, 0.3) is 0 Å². The average Bonchev–Trinajstić information content (AvgIpc) is 0.772. The van der Waals surface area contributed by atoms with Gasteiger partial charge >= 0.3 is 15.6 Å². The van der Waals surface area contributed by atoms with E-state index >= 15 is 0 Å². The molecule has 25 nitrogen and oxygen atoms in total. The van der Waals surface area contributed by atoms with Crippen LogP contribution in [0.1, 0.15) is 239 Å². The topological polar surface area (TPSA) is 378 Å². The number of hydrogen-bond acceptors (Lipinski definition) is 22. The van der Waals surface area contributed by atoms with Crippen LogP contribution in [-0.4, -0.2) is 198 Å². The summed E-state index contributed by atoms with van der Waals surface area (Å²) in [5.41, 5.74) is 15.0. The Bertz CT molecular complexity index is 3200. The Morgan fingerprint density at radius 3 is 1.06 bits per heavy atom. The van der Waals surface area contributed by atoms with Gasteiger partial charge in [-0.1, -0.05) is 128 Å². The summed E-state index contributed by atoms with van der Waals surface area (Å²) in [6, 6.07) is -1.88. The molecule has 0 aromatic rings. The standard InChI is InChI=1S/C81H135NO24P2/c1-50(2)27-17-28-51(3)29-18-30-52(4)31-19-32-53(5)33-20-34-54(6)35-21-36-55(7)37-22-38-56(8)39-23-40-57(9)41-24-42-58(10)43-25-44-59(11)45-26-46-60(12)47-48-97-107(93,94)106-108(95,96)105-78-66(82-64(16)84)70(88)75(65(49-83)101-78)102-81-77(72(90)68(86)62(14)100-81)104-80-74(92)76(69(87)63(15)99-80)103-79-73(91)71(89)67(85)61(13)98-79/h27,29,31,33,35,37,39,41,43,45,47,61-63,65-81,83,85-92H,17-26,28,30,32,34,36,38,40,42,44,46,48-49H2,1-16H3,(H,82,84)(H,93,94)(H,95,96)/b51-29+,52-31+,53-33-,54-35-,55-37-,56-39-,57-41-,58-43-,59-45-,60-47-/t61-,62-,63-,65-,66-,67-,68-,69-,70-,71+,72+,73+,74+,75-,76+,77+,78?,79-,80-,81-/m1/s1. The van der Waals surface area contributed by atoms with E-state index in [-0.39, 0.29) is 0 Å². The fourth-order valence-corrected chi connectivity index (χ4v) is 15.0. The Kier molecular flexibility index (Phi) is 43.9. The van der Waals surface area contributed by atoms with Crippen molar-refractivity contribution >= 4 is 21.6 Å². The number of ether oxygens (including phenoxy) is 7. The highest BCUT2D eigenvalue weighted by atomic mass is 31.3. The molecule has 4 saturated heterocycles. The van der Waals surface area contributed by atoms with Gasteiger partial charge in [0.1, 0.15) is 79.3 Å². The van der Waals surface area contributed by atoms with Gasteiger partial charge in [-0.25, -0.2) is 9.13 Å². The molecule has 4 rings (SSSR count). The Morgan fingerprint density at radius 2 is 0.685 bits per heavy atom. The van der Waals surface area contributed by atoms with Gasteiger partial charge in [0.15, 0.2) is 25.2 Å². The molecule has 0 bridgehead atoms. The number of carbonyl (C=O) groups excluding carboxylic acids is 1. The third-order valence-corrected chi connectivity index (χ3v) is 22.6. The van der Waals surface area contributed by atoms with Gasteiger partial charge < -0.3 is 94.2 Å². The smallest absolute Gasteiger partial charge is 0.394 e. The van der Waals surface area contributed by atoms with Crippen LogP contribution in [0.25, 0.3) is 0 Å². The van der Waals surface area contributed by atoms with E-state index in [0.717, 1.165) is 128 Å². The molecule has 4 aliphatic heterocycles. The molecule has 27 heteroatoms. The van der Waals surface area contributed by atoms with Crippen LogP contribution >= 0.6 is 15.6 Å².